The van der Waals surface area contributed by atoms with E-state index in [4.69, 9.17) is 9.84 Å². The molecule has 124 valence electrons. The van der Waals surface area contributed by atoms with Crippen LogP contribution in [0.4, 0.5) is 9.18 Å². The minimum atomic E-state index is -0.515. The van der Waals surface area contributed by atoms with Gasteiger partial charge in [0.15, 0.2) is 0 Å². The number of aliphatic hydroxyl groups is 1. The van der Waals surface area contributed by atoms with Crippen molar-refractivity contribution in [1.29, 1.82) is 0 Å². The van der Waals surface area contributed by atoms with Crippen LogP contribution in [0.2, 0.25) is 0 Å². The van der Waals surface area contributed by atoms with E-state index < -0.39 is 11.9 Å². The summed E-state index contributed by atoms with van der Waals surface area (Å²) in [5, 5.41) is 11.5. The summed E-state index contributed by atoms with van der Waals surface area (Å²) in [6, 6.07) is 13.8. The number of hydrogen-bond donors (Lipinski definition) is 2. The van der Waals surface area contributed by atoms with Crippen LogP contribution in [0.25, 0.3) is 0 Å². The number of ether oxygens (including phenoxy) is 1. The van der Waals surface area contributed by atoms with Crippen LogP contribution in [0.1, 0.15) is 23.1 Å². The molecular formula is C19H18FNO3. The highest BCUT2D eigenvalue weighted by atomic mass is 19.1. The Labute approximate surface area is 140 Å². The van der Waals surface area contributed by atoms with Gasteiger partial charge >= 0.3 is 6.09 Å². The molecule has 0 radical (unpaired) electrons. The first-order chi connectivity index (χ1) is 11.7. The van der Waals surface area contributed by atoms with Gasteiger partial charge in [-0.05, 0) is 23.3 Å². The van der Waals surface area contributed by atoms with Crippen molar-refractivity contribution >= 4 is 6.09 Å². The van der Waals surface area contributed by atoms with Crippen molar-refractivity contribution in [3.8, 4) is 11.8 Å². The van der Waals surface area contributed by atoms with Gasteiger partial charge in [-0.3, -0.25) is 0 Å². The fourth-order valence-electron chi connectivity index (χ4n) is 1.92. The molecule has 5 heteroatoms. The van der Waals surface area contributed by atoms with Crippen molar-refractivity contribution in [1.82, 2.24) is 5.32 Å². The lowest BCUT2D eigenvalue weighted by Gasteiger charge is -2.05. The second-order valence-electron chi connectivity index (χ2n) is 5.01. The standard InChI is InChI=1S/C19H18FNO3/c20-18-12-16(13-22)9-10-17(18)8-4-5-11-21-19(23)24-14-15-6-2-1-3-7-15/h1-3,6-7,9-10,12,22H,5,11,13-14H2,(H,21,23). The van der Waals surface area contributed by atoms with Gasteiger partial charge in [-0.2, -0.15) is 0 Å². The number of aliphatic hydroxyl groups excluding tert-OH is 1. The summed E-state index contributed by atoms with van der Waals surface area (Å²) in [4.78, 5) is 11.5. The summed E-state index contributed by atoms with van der Waals surface area (Å²) in [5.74, 6) is 5.02. The first-order valence-electron chi connectivity index (χ1n) is 7.52. The van der Waals surface area contributed by atoms with Crippen molar-refractivity contribution in [3.63, 3.8) is 0 Å². The monoisotopic (exact) mass is 327 g/mol. The van der Waals surface area contributed by atoms with Crippen LogP contribution in [-0.2, 0) is 18.0 Å². The van der Waals surface area contributed by atoms with Gasteiger partial charge in [0.25, 0.3) is 0 Å². The summed E-state index contributed by atoms with van der Waals surface area (Å²) in [6.45, 7) is 0.317. The van der Waals surface area contributed by atoms with E-state index in [1.54, 1.807) is 6.07 Å². The average Bonchev–Trinajstić information content (AvgIpc) is 2.61. The Balaban J connectivity index is 1.70. The number of rotatable bonds is 5. The van der Waals surface area contributed by atoms with Crippen LogP contribution in [0, 0.1) is 17.7 Å². The van der Waals surface area contributed by atoms with E-state index >= 15 is 0 Å². The molecule has 0 saturated heterocycles. The van der Waals surface area contributed by atoms with Gasteiger partial charge in [-0.25, -0.2) is 9.18 Å². The molecule has 0 spiro atoms. The van der Waals surface area contributed by atoms with Crippen molar-refractivity contribution in [2.75, 3.05) is 6.54 Å². The molecular weight excluding hydrogens is 309 g/mol. The number of halogens is 1. The Morgan fingerprint density at radius 3 is 2.67 bits per heavy atom. The molecule has 0 aliphatic carbocycles. The highest BCUT2D eigenvalue weighted by Gasteiger charge is 2.02. The van der Waals surface area contributed by atoms with E-state index in [2.05, 4.69) is 17.2 Å². The Bertz CT molecular complexity index is 735. The number of carbonyl (C=O) groups is 1. The van der Waals surface area contributed by atoms with E-state index in [0.29, 0.717) is 18.5 Å². The fraction of sp³-hybridized carbons (Fsp3) is 0.211. The number of hydrogen-bond acceptors (Lipinski definition) is 3. The number of alkyl carbamates (subject to hydrolysis) is 1. The number of nitrogens with one attached hydrogen (secondary N) is 1. The molecule has 0 saturated carbocycles. The summed E-state index contributed by atoms with van der Waals surface area (Å²) in [6.07, 6.45) is -0.138. The molecule has 0 aliphatic heterocycles. The molecule has 4 nitrogen and oxygen atoms in total. The largest absolute Gasteiger partial charge is 0.445 e. The lowest BCUT2D eigenvalue weighted by molar-refractivity contribution is 0.140. The predicted octanol–water partition coefficient (Wildman–Crippen LogP) is 2.99. The topological polar surface area (TPSA) is 58.6 Å². The highest BCUT2D eigenvalue weighted by molar-refractivity contribution is 5.67. The van der Waals surface area contributed by atoms with Crippen molar-refractivity contribution < 1.29 is 19.0 Å². The SMILES string of the molecule is O=C(NCCC#Cc1ccc(CO)cc1F)OCc1ccccc1. The molecule has 0 atom stereocenters. The molecule has 2 rings (SSSR count). The van der Waals surface area contributed by atoms with Gasteiger partial charge in [-0.1, -0.05) is 48.2 Å². The zero-order chi connectivity index (χ0) is 17.2. The summed E-state index contributed by atoms with van der Waals surface area (Å²) >= 11 is 0. The lowest BCUT2D eigenvalue weighted by atomic mass is 10.1. The molecule has 0 aliphatic rings. The Kier molecular flexibility index (Phi) is 6.81. The minimum absolute atomic E-state index is 0.209. The molecule has 0 unspecified atom stereocenters. The van der Waals surface area contributed by atoms with Crippen LogP contribution in [-0.4, -0.2) is 17.7 Å². The van der Waals surface area contributed by atoms with Crippen LogP contribution >= 0.6 is 0 Å². The van der Waals surface area contributed by atoms with Gasteiger partial charge in [0.1, 0.15) is 12.4 Å². The van der Waals surface area contributed by atoms with E-state index in [9.17, 15) is 9.18 Å². The van der Waals surface area contributed by atoms with Crippen molar-refractivity contribution in [2.45, 2.75) is 19.6 Å². The molecule has 2 aromatic rings. The van der Waals surface area contributed by atoms with Gasteiger partial charge in [0.2, 0.25) is 0 Å². The Morgan fingerprint density at radius 1 is 1.17 bits per heavy atom. The first kappa shape index (κ1) is 17.5. The van der Waals surface area contributed by atoms with Crippen LogP contribution in [0.5, 0.6) is 0 Å². The van der Waals surface area contributed by atoms with Gasteiger partial charge < -0.3 is 15.2 Å². The van der Waals surface area contributed by atoms with Crippen LogP contribution in [0.3, 0.4) is 0 Å². The summed E-state index contributed by atoms with van der Waals surface area (Å²) in [5.41, 5.74) is 1.67. The lowest BCUT2D eigenvalue weighted by Crippen LogP contribution is -2.24. The summed E-state index contributed by atoms with van der Waals surface area (Å²) in [7, 11) is 0. The smallest absolute Gasteiger partial charge is 0.407 e. The number of amides is 1. The fourth-order valence-corrected chi connectivity index (χ4v) is 1.92. The molecule has 0 bridgehead atoms. The molecule has 24 heavy (non-hydrogen) atoms. The van der Waals surface area contributed by atoms with Crippen LogP contribution in [0.15, 0.2) is 48.5 Å². The third-order valence-corrected chi connectivity index (χ3v) is 3.17. The molecule has 2 N–H and O–H groups in total. The zero-order valence-electron chi connectivity index (χ0n) is 13.1. The maximum atomic E-state index is 13.6. The minimum Gasteiger partial charge on any atom is -0.445 e. The number of carbonyl (C=O) groups excluding carboxylic acids is 1. The van der Waals surface area contributed by atoms with E-state index in [1.165, 1.54) is 12.1 Å². The molecule has 0 heterocycles. The van der Waals surface area contributed by atoms with Gasteiger partial charge in [0.05, 0.1) is 12.2 Å². The maximum absolute atomic E-state index is 13.6. The quantitative estimate of drug-likeness (QED) is 0.656. The molecule has 1 amide bonds. The van der Waals surface area contributed by atoms with Crippen LogP contribution < -0.4 is 5.32 Å². The second kappa shape index (κ2) is 9.33. The van der Waals surface area contributed by atoms with Crippen molar-refractivity contribution in [3.05, 3.63) is 71.0 Å². The Morgan fingerprint density at radius 2 is 1.96 bits per heavy atom. The first-order valence-corrected chi connectivity index (χ1v) is 7.52. The molecule has 2 aromatic carbocycles. The third-order valence-electron chi connectivity index (χ3n) is 3.17. The molecule has 0 fully saturated rings. The van der Waals surface area contributed by atoms with Gasteiger partial charge in [-0.15, -0.1) is 0 Å². The zero-order valence-corrected chi connectivity index (χ0v) is 13.1. The molecule has 0 aromatic heterocycles. The Hall–Kier alpha value is -2.84. The number of benzene rings is 2. The normalized spacial score (nSPS) is 9.75. The van der Waals surface area contributed by atoms with Gasteiger partial charge in [0, 0.05) is 13.0 Å². The average molecular weight is 327 g/mol. The van der Waals surface area contributed by atoms with E-state index in [-0.39, 0.29) is 18.8 Å². The maximum Gasteiger partial charge on any atom is 0.407 e. The van der Waals surface area contributed by atoms with E-state index in [0.717, 1.165) is 5.56 Å². The van der Waals surface area contributed by atoms with E-state index in [1.807, 2.05) is 30.3 Å². The predicted molar refractivity (Wildman–Crippen MR) is 88.4 cm³/mol. The second-order valence-corrected chi connectivity index (χ2v) is 5.01. The van der Waals surface area contributed by atoms with Crippen molar-refractivity contribution in [2.24, 2.45) is 0 Å². The summed E-state index contributed by atoms with van der Waals surface area (Å²) < 4.78 is 18.7. The highest BCUT2D eigenvalue weighted by Crippen LogP contribution is 2.09. The third kappa shape index (κ3) is 5.75.